The first kappa shape index (κ1) is 20.9. The van der Waals surface area contributed by atoms with Crippen LogP contribution in [0.1, 0.15) is 6.92 Å². The molecule has 0 spiro atoms. The molecule has 0 bridgehead atoms. The van der Waals surface area contributed by atoms with E-state index in [0.717, 1.165) is 0 Å². The van der Waals surface area contributed by atoms with E-state index in [0.29, 0.717) is 19.8 Å². The molecule has 21 heavy (non-hydrogen) atoms. The van der Waals surface area contributed by atoms with E-state index in [4.69, 9.17) is 31.9 Å². The van der Waals surface area contributed by atoms with Crippen molar-refractivity contribution in [2.24, 2.45) is 0 Å². The second-order valence-corrected chi connectivity index (χ2v) is 6.34. The van der Waals surface area contributed by atoms with Crippen molar-refractivity contribution in [1.82, 2.24) is 0 Å². The largest absolute Gasteiger partial charge is 0.680 e. The minimum absolute atomic E-state index is 0.0547. The summed E-state index contributed by atoms with van der Waals surface area (Å²) < 4.78 is 37.3. The van der Waals surface area contributed by atoms with Crippen molar-refractivity contribution >= 4 is 9.05 Å². The molecule has 0 aromatic heterocycles. The molecular formula is C12H28O8Si. The van der Waals surface area contributed by atoms with Crippen LogP contribution in [0, 0.1) is 0 Å². The molecule has 0 aromatic carbocycles. The molecule has 0 aliphatic carbocycles. The summed E-state index contributed by atoms with van der Waals surface area (Å²) in [7, 11) is 1.34. The minimum Gasteiger partial charge on any atom is -0.391 e. The van der Waals surface area contributed by atoms with Crippen LogP contribution in [0.2, 0.25) is 0 Å². The molecule has 0 aliphatic rings. The maximum atomic E-state index is 9.39. The van der Waals surface area contributed by atoms with Gasteiger partial charge in [-0.25, -0.2) is 0 Å². The van der Waals surface area contributed by atoms with Gasteiger partial charge >= 0.3 is 9.05 Å². The van der Waals surface area contributed by atoms with Crippen LogP contribution in [0.25, 0.3) is 0 Å². The summed E-state index contributed by atoms with van der Waals surface area (Å²) in [6, 6.07) is 0. The molecule has 0 aromatic rings. The minimum atomic E-state index is -3.37. The lowest BCUT2D eigenvalue weighted by atomic mass is 10.5. The lowest BCUT2D eigenvalue weighted by Gasteiger charge is -2.28. The van der Waals surface area contributed by atoms with Crippen molar-refractivity contribution in [3.63, 3.8) is 0 Å². The van der Waals surface area contributed by atoms with Gasteiger partial charge in [0.05, 0.1) is 52.4 Å². The van der Waals surface area contributed by atoms with E-state index in [2.05, 4.69) is 0 Å². The molecule has 9 heteroatoms. The highest BCUT2D eigenvalue weighted by Crippen LogP contribution is 2.13. The van der Waals surface area contributed by atoms with Gasteiger partial charge in [-0.1, -0.05) is 0 Å². The molecule has 0 radical (unpaired) electrons. The summed E-state index contributed by atoms with van der Waals surface area (Å²) in [4.78, 5) is 0. The highest BCUT2D eigenvalue weighted by Gasteiger charge is 2.46. The lowest BCUT2D eigenvalue weighted by Crippen LogP contribution is -2.52. The number of hydrogen-bond donors (Lipinski definition) is 1. The highest BCUT2D eigenvalue weighted by molar-refractivity contribution is 6.53. The molecule has 0 rings (SSSR count). The van der Waals surface area contributed by atoms with E-state index in [1.807, 2.05) is 0 Å². The van der Waals surface area contributed by atoms with E-state index in [9.17, 15) is 5.11 Å². The summed E-state index contributed by atoms with van der Waals surface area (Å²) in [6.07, 6.45) is -0.653. The zero-order chi connectivity index (χ0) is 16.0. The van der Waals surface area contributed by atoms with Gasteiger partial charge in [0.2, 0.25) is 0 Å². The normalized spacial score (nSPS) is 13.6. The molecule has 0 fully saturated rings. The Morgan fingerprint density at radius 1 is 0.714 bits per heavy atom. The first-order valence-corrected chi connectivity index (χ1v) is 8.44. The zero-order valence-corrected chi connectivity index (χ0v) is 14.3. The summed E-state index contributed by atoms with van der Waals surface area (Å²) in [5.74, 6) is 0. The number of hydrogen-bond acceptors (Lipinski definition) is 8. The Hall–Kier alpha value is -0.103. The molecule has 0 aliphatic heterocycles. The molecule has 0 amide bonds. The zero-order valence-electron chi connectivity index (χ0n) is 13.3. The number of aliphatic hydroxyl groups is 1. The Morgan fingerprint density at radius 3 is 1.38 bits per heavy atom. The molecule has 1 unspecified atom stereocenters. The fourth-order valence-electron chi connectivity index (χ4n) is 1.22. The standard InChI is InChI=1S/C12H28O8Si/c1-12(13)11-20-21(17-8-5-14-2,18-9-6-15-3)19-10-7-16-4/h12-13H,5-11H2,1-4H3. The maximum absolute atomic E-state index is 9.39. The number of rotatable bonds is 15. The van der Waals surface area contributed by atoms with Crippen LogP contribution in [0.15, 0.2) is 0 Å². The Morgan fingerprint density at radius 2 is 1.10 bits per heavy atom. The van der Waals surface area contributed by atoms with E-state index in [1.54, 1.807) is 28.3 Å². The van der Waals surface area contributed by atoms with Gasteiger partial charge in [-0.15, -0.1) is 0 Å². The Balaban J connectivity index is 4.60. The average molecular weight is 328 g/mol. The second kappa shape index (κ2) is 13.6. The van der Waals surface area contributed by atoms with Crippen LogP contribution in [-0.2, 0) is 31.9 Å². The fraction of sp³-hybridized carbons (Fsp3) is 1.00. The summed E-state index contributed by atoms with van der Waals surface area (Å²) in [6.45, 7) is 3.61. The van der Waals surface area contributed by atoms with Crippen molar-refractivity contribution in [3.05, 3.63) is 0 Å². The monoisotopic (exact) mass is 328 g/mol. The molecular weight excluding hydrogens is 300 g/mol. The second-order valence-electron chi connectivity index (χ2n) is 4.18. The lowest BCUT2D eigenvalue weighted by molar-refractivity contribution is -0.0669. The van der Waals surface area contributed by atoms with Crippen LogP contribution in [0.4, 0.5) is 0 Å². The van der Waals surface area contributed by atoms with Gasteiger partial charge in [0, 0.05) is 21.3 Å². The van der Waals surface area contributed by atoms with Crippen molar-refractivity contribution < 1.29 is 37.0 Å². The van der Waals surface area contributed by atoms with E-state index in [-0.39, 0.29) is 26.4 Å². The first-order valence-electron chi connectivity index (χ1n) is 6.81. The predicted molar refractivity (Wildman–Crippen MR) is 76.9 cm³/mol. The molecule has 0 heterocycles. The van der Waals surface area contributed by atoms with Gasteiger partial charge in [-0.05, 0) is 6.92 Å². The Labute approximate surface area is 127 Å². The van der Waals surface area contributed by atoms with Gasteiger partial charge in [-0.2, -0.15) is 0 Å². The Bertz CT molecular complexity index is 203. The quantitative estimate of drug-likeness (QED) is 0.327. The van der Waals surface area contributed by atoms with Crippen molar-refractivity contribution in [1.29, 1.82) is 0 Å². The van der Waals surface area contributed by atoms with E-state index in [1.165, 1.54) is 0 Å². The fourth-order valence-corrected chi connectivity index (χ4v) is 3.17. The molecule has 1 atom stereocenters. The highest BCUT2D eigenvalue weighted by atomic mass is 28.4. The van der Waals surface area contributed by atoms with Crippen molar-refractivity contribution in [3.8, 4) is 0 Å². The summed E-state index contributed by atoms with van der Waals surface area (Å²) in [5.41, 5.74) is 0. The van der Waals surface area contributed by atoms with Gasteiger partial charge in [0.1, 0.15) is 0 Å². The van der Waals surface area contributed by atoms with Gasteiger partial charge in [0.15, 0.2) is 0 Å². The van der Waals surface area contributed by atoms with Crippen molar-refractivity contribution in [2.75, 3.05) is 67.6 Å². The smallest absolute Gasteiger partial charge is 0.391 e. The van der Waals surface area contributed by atoms with E-state index >= 15 is 0 Å². The third kappa shape index (κ3) is 11.2. The summed E-state index contributed by atoms with van der Waals surface area (Å²) >= 11 is 0. The average Bonchev–Trinajstić information content (AvgIpc) is 2.46. The van der Waals surface area contributed by atoms with Crippen LogP contribution >= 0.6 is 0 Å². The molecule has 0 saturated heterocycles. The molecule has 8 nitrogen and oxygen atoms in total. The van der Waals surface area contributed by atoms with Gasteiger partial charge < -0.3 is 37.0 Å². The van der Waals surface area contributed by atoms with Gasteiger partial charge in [0.25, 0.3) is 0 Å². The first-order chi connectivity index (χ1) is 10.1. The Kier molecular flexibility index (Phi) is 13.5. The molecule has 0 saturated carbocycles. The SMILES string of the molecule is COCCO[Si](OCCOC)(OCCOC)OCC(C)O. The number of methoxy groups -OCH3 is 3. The van der Waals surface area contributed by atoms with Crippen LogP contribution in [-0.4, -0.2) is 87.8 Å². The topological polar surface area (TPSA) is 84.8 Å². The van der Waals surface area contributed by atoms with Crippen LogP contribution < -0.4 is 0 Å². The van der Waals surface area contributed by atoms with Crippen LogP contribution in [0.3, 0.4) is 0 Å². The third-order valence-corrected chi connectivity index (χ3v) is 4.39. The summed E-state index contributed by atoms with van der Waals surface area (Å²) in [5, 5.41) is 9.39. The van der Waals surface area contributed by atoms with Crippen LogP contribution in [0.5, 0.6) is 0 Å². The van der Waals surface area contributed by atoms with E-state index < -0.39 is 15.2 Å². The third-order valence-electron chi connectivity index (χ3n) is 2.20. The maximum Gasteiger partial charge on any atom is 0.680 e. The number of aliphatic hydroxyl groups excluding tert-OH is 1. The molecule has 1 N–H and O–H groups in total. The van der Waals surface area contributed by atoms with Crippen molar-refractivity contribution in [2.45, 2.75) is 13.0 Å². The molecule has 128 valence electrons. The van der Waals surface area contributed by atoms with Gasteiger partial charge in [-0.3, -0.25) is 0 Å². The number of ether oxygens (including phenoxy) is 3. The predicted octanol–water partition coefficient (Wildman–Crippen LogP) is -0.192.